The first-order valence-corrected chi connectivity index (χ1v) is 8.36. The van der Waals surface area contributed by atoms with Gasteiger partial charge in [-0.15, -0.1) is 0 Å². The molecule has 3 atom stereocenters. The van der Waals surface area contributed by atoms with Gasteiger partial charge in [0.1, 0.15) is 12.2 Å². The third kappa shape index (κ3) is 3.81. The smallest absolute Gasteiger partial charge is 0.330 e. The molecule has 0 aromatic heterocycles. The molecule has 6 heteroatoms. The maximum absolute atomic E-state index is 12.8. The molecule has 0 radical (unpaired) electrons. The highest BCUT2D eigenvalue weighted by Crippen LogP contribution is 2.50. The van der Waals surface area contributed by atoms with Crippen LogP contribution in [-0.2, 0) is 14.3 Å². The molecule has 3 N–H and O–H groups in total. The molecule has 3 unspecified atom stereocenters. The zero-order chi connectivity index (χ0) is 18.6. The molecule has 0 aromatic carbocycles. The van der Waals surface area contributed by atoms with E-state index in [9.17, 15) is 19.8 Å². The number of aliphatic hydroxyl groups is 2. The number of aliphatic hydroxyl groups excluding tert-OH is 2. The van der Waals surface area contributed by atoms with Crippen molar-refractivity contribution in [3.05, 3.63) is 47.1 Å². The molecule has 1 fully saturated rings. The normalized spacial score (nSPS) is 29.6. The summed E-state index contributed by atoms with van der Waals surface area (Å²) in [6.07, 6.45) is 8.65. The van der Waals surface area contributed by atoms with E-state index in [1.807, 2.05) is 12.2 Å². The second-order valence-corrected chi connectivity index (χ2v) is 6.27. The molecule has 25 heavy (non-hydrogen) atoms. The lowest BCUT2D eigenvalue weighted by Crippen LogP contribution is -2.40. The van der Waals surface area contributed by atoms with Crippen LogP contribution in [0.15, 0.2) is 47.1 Å². The maximum Gasteiger partial charge on any atom is 0.330 e. The average Bonchev–Trinajstić information content (AvgIpc) is 3.33. The minimum atomic E-state index is -1.23. The van der Waals surface area contributed by atoms with Gasteiger partial charge >= 0.3 is 5.97 Å². The van der Waals surface area contributed by atoms with Gasteiger partial charge in [0.05, 0.1) is 6.61 Å². The summed E-state index contributed by atoms with van der Waals surface area (Å²) in [7, 11) is 0. The fourth-order valence-electron chi connectivity index (χ4n) is 2.91. The number of hydrogen-bond donors (Lipinski definition) is 3. The number of fused-ring (bicyclic) bond motifs is 1. The van der Waals surface area contributed by atoms with Crippen LogP contribution in [0.2, 0.25) is 0 Å². The number of rotatable bonds is 8. The van der Waals surface area contributed by atoms with Crippen molar-refractivity contribution in [3.8, 4) is 0 Å². The first kappa shape index (κ1) is 19.3. The Balaban J connectivity index is 2.27. The molecule has 6 nitrogen and oxygen atoms in total. The summed E-state index contributed by atoms with van der Waals surface area (Å²) < 4.78 is 5.49. The molecule has 0 amide bonds. The fourth-order valence-corrected chi connectivity index (χ4v) is 2.91. The van der Waals surface area contributed by atoms with Crippen molar-refractivity contribution in [2.75, 3.05) is 6.61 Å². The van der Waals surface area contributed by atoms with Gasteiger partial charge in [0.15, 0.2) is 11.4 Å². The minimum absolute atomic E-state index is 0.0768. The number of aliphatic carboxylic acids is 1. The number of Topliss-reactive ketones (excluding diaryl/α,β-unsaturated/α-hetero) is 1. The molecule has 0 saturated carbocycles. The lowest BCUT2D eigenvalue weighted by atomic mass is 9.79. The van der Waals surface area contributed by atoms with Crippen LogP contribution in [-0.4, -0.2) is 51.5 Å². The molecule has 0 spiro atoms. The third-order valence-electron chi connectivity index (χ3n) is 4.54. The number of carboxylic acids is 1. The molecule has 1 aliphatic heterocycles. The van der Waals surface area contributed by atoms with Gasteiger partial charge in [0.25, 0.3) is 0 Å². The molecule has 2 aliphatic rings. The highest BCUT2D eigenvalue weighted by Gasteiger charge is 2.67. The molecule has 2 rings (SSSR count). The lowest BCUT2D eigenvalue weighted by Gasteiger charge is -2.23. The molecular weight excluding hydrogens is 324 g/mol. The molecule has 1 aliphatic carbocycles. The van der Waals surface area contributed by atoms with Crippen molar-refractivity contribution in [2.45, 2.75) is 50.9 Å². The first-order valence-electron chi connectivity index (χ1n) is 8.36. The second kappa shape index (κ2) is 7.91. The first-order chi connectivity index (χ1) is 11.9. The Labute approximate surface area is 146 Å². The molecule has 1 heterocycles. The van der Waals surface area contributed by atoms with Crippen LogP contribution >= 0.6 is 0 Å². The lowest BCUT2D eigenvalue weighted by molar-refractivity contribution is -0.132. The number of unbranched alkanes of at least 4 members (excludes halogenated alkanes) is 1. The van der Waals surface area contributed by atoms with E-state index in [1.54, 1.807) is 12.2 Å². The van der Waals surface area contributed by atoms with E-state index < -0.39 is 30.4 Å². The van der Waals surface area contributed by atoms with Crippen LogP contribution in [0.3, 0.4) is 0 Å². The quantitative estimate of drug-likeness (QED) is 0.350. The average molecular weight is 348 g/mol. The highest BCUT2D eigenvalue weighted by atomic mass is 16.6. The van der Waals surface area contributed by atoms with Crippen LogP contribution in [0.5, 0.6) is 0 Å². The number of epoxide rings is 1. The largest absolute Gasteiger partial charge is 0.478 e. The predicted octanol–water partition coefficient (Wildman–Crippen LogP) is 1.69. The number of allylic oxidation sites excluding steroid dienone is 4. The van der Waals surface area contributed by atoms with Crippen LogP contribution in [0, 0.1) is 0 Å². The zero-order valence-corrected chi connectivity index (χ0v) is 14.4. The summed E-state index contributed by atoms with van der Waals surface area (Å²) in [5.74, 6) is -1.40. The van der Waals surface area contributed by atoms with Crippen molar-refractivity contribution in [1.29, 1.82) is 0 Å². The predicted molar refractivity (Wildman–Crippen MR) is 91.9 cm³/mol. The van der Waals surface area contributed by atoms with Crippen molar-refractivity contribution >= 4 is 11.8 Å². The van der Waals surface area contributed by atoms with E-state index in [4.69, 9.17) is 9.84 Å². The SMILES string of the molecule is CCCC=CC=CC1=C(CO)C(O)C2OC2(CC=C(C)C(=O)O)C1=O. The molecular formula is C19H24O6. The van der Waals surface area contributed by atoms with E-state index in [0.717, 1.165) is 12.8 Å². The Morgan fingerprint density at radius 1 is 1.36 bits per heavy atom. The van der Waals surface area contributed by atoms with Gasteiger partial charge in [-0.2, -0.15) is 0 Å². The Morgan fingerprint density at radius 2 is 2.08 bits per heavy atom. The van der Waals surface area contributed by atoms with Gasteiger partial charge in [-0.3, -0.25) is 4.79 Å². The van der Waals surface area contributed by atoms with Gasteiger partial charge in [0, 0.05) is 17.6 Å². The Hall–Kier alpha value is -2.02. The van der Waals surface area contributed by atoms with E-state index >= 15 is 0 Å². The highest BCUT2D eigenvalue weighted by molar-refractivity contribution is 6.08. The Bertz CT molecular complexity index is 669. The van der Waals surface area contributed by atoms with Crippen molar-refractivity contribution in [1.82, 2.24) is 0 Å². The van der Waals surface area contributed by atoms with E-state index in [2.05, 4.69) is 6.92 Å². The van der Waals surface area contributed by atoms with E-state index in [0.29, 0.717) is 0 Å². The van der Waals surface area contributed by atoms with Crippen molar-refractivity contribution in [2.24, 2.45) is 0 Å². The summed E-state index contributed by atoms with van der Waals surface area (Å²) in [4.78, 5) is 23.8. The number of hydrogen-bond acceptors (Lipinski definition) is 5. The summed E-state index contributed by atoms with van der Waals surface area (Å²) in [6.45, 7) is 3.06. The fraction of sp³-hybridized carbons (Fsp3) is 0.474. The number of carbonyl (C=O) groups is 2. The summed E-state index contributed by atoms with van der Waals surface area (Å²) >= 11 is 0. The Kier molecular flexibility index (Phi) is 6.11. The van der Waals surface area contributed by atoms with Gasteiger partial charge in [0.2, 0.25) is 0 Å². The topological polar surface area (TPSA) is 107 Å². The molecule has 0 aromatic rings. The van der Waals surface area contributed by atoms with Gasteiger partial charge in [-0.05, 0) is 18.9 Å². The number of carbonyl (C=O) groups excluding carboxylic acids is 1. The standard InChI is InChI=1S/C19H24O6/c1-3-4-5-6-7-8-13-14(11-20)15(21)17-19(25-17,16(13)22)10-9-12(2)18(23)24/h5-9,15,17,20-21H,3-4,10-11H2,1-2H3,(H,23,24). The summed E-state index contributed by atoms with van der Waals surface area (Å²) in [6, 6.07) is 0. The molecule has 1 saturated heterocycles. The second-order valence-electron chi connectivity index (χ2n) is 6.27. The maximum atomic E-state index is 12.8. The number of carboxylic acid groups (broad SMARTS) is 1. The monoisotopic (exact) mass is 348 g/mol. The van der Waals surface area contributed by atoms with Crippen molar-refractivity contribution < 1.29 is 29.6 Å². The zero-order valence-electron chi connectivity index (χ0n) is 14.4. The summed E-state index contributed by atoms with van der Waals surface area (Å²) in [5.41, 5.74) is -0.655. The number of ketones is 1. The van der Waals surface area contributed by atoms with Gasteiger partial charge in [-0.25, -0.2) is 4.79 Å². The van der Waals surface area contributed by atoms with E-state index in [1.165, 1.54) is 13.0 Å². The van der Waals surface area contributed by atoms with Crippen molar-refractivity contribution in [3.63, 3.8) is 0 Å². The van der Waals surface area contributed by atoms with E-state index in [-0.39, 0.29) is 28.9 Å². The third-order valence-corrected chi connectivity index (χ3v) is 4.54. The van der Waals surface area contributed by atoms with Gasteiger partial charge in [-0.1, -0.05) is 43.7 Å². The van der Waals surface area contributed by atoms with Crippen LogP contribution in [0.4, 0.5) is 0 Å². The molecule has 0 bridgehead atoms. The van der Waals surface area contributed by atoms with Crippen LogP contribution in [0.25, 0.3) is 0 Å². The van der Waals surface area contributed by atoms with Gasteiger partial charge < -0.3 is 20.1 Å². The Morgan fingerprint density at radius 3 is 2.68 bits per heavy atom. The van der Waals surface area contributed by atoms with Crippen LogP contribution in [0.1, 0.15) is 33.1 Å². The number of ether oxygens (including phenoxy) is 1. The van der Waals surface area contributed by atoms with Crippen LogP contribution < -0.4 is 0 Å². The molecule has 136 valence electrons. The summed E-state index contributed by atoms with van der Waals surface area (Å²) in [5, 5.41) is 28.8. The minimum Gasteiger partial charge on any atom is -0.478 e.